The fourth-order valence-corrected chi connectivity index (χ4v) is 4.16. The van der Waals surface area contributed by atoms with Crippen molar-refractivity contribution < 1.29 is 22.0 Å². The average Bonchev–Trinajstić information content (AvgIpc) is 2.89. The van der Waals surface area contributed by atoms with Crippen molar-refractivity contribution in [2.75, 3.05) is 30.4 Å². The van der Waals surface area contributed by atoms with Crippen LogP contribution in [-0.4, -0.2) is 26.2 Å². The molecule has 0 bridgehead atoms. The van der Waals surface area contributed by atoms with E-state index < -0.39 is 23.4 Å². The lowest BCUT2D eigenvalue weighted by Gasteiger charge is -2.31. The van der Waals surface area contributed by atoms with Crippen molar-refractivity contribution in [3.63, 3.8) is 0 Å². The number of halogens is 5. The van der Waals surface area contributed by atoms with Gasteiger partial charge in [-0.3, -0.25) is 0 Å². The molecule has 144 valence electrons. The minimum absolute atomic E-state index is 0.000146. The third-order valence-electron chi connectivity index (χ3n) is 5.35. The molecule has 0 aliphatic carbocycles. The molecular weight excluding hydrogens is 365 g/mol. The lowest BCUT2D eigenvalue weighted by molar-refractivity contribution is -0.137. The van der Waals surface area contributed by atoms with E-state index in [4.69, 9.17) is 0 Å². The van der Waals surface area contributed by atoms with E-state index in [1.165, 1.54) is 6.07 Å². The smallest absolute Gasteiger partial charge is 0.370 e. The number of anilines is 3. The number of hydrogen-bond donors (Lipinski definition) is 2. The van der Waals surface area contributed by atoms with E-state index in [0.717, 1.165) is 25.1 Å². The van der Waals surface area contributed by atoms with Gasteiger partial charge in [0.25, 0.3) is 0 Å². The highest BCUT2D eigenvalue weighted by Crippen LogP contribution is 2.50. The van der Waals surface area contributed by atoms with Crippen molar-refractivity contribution in [3.8, 4) is 0 Å². The number of alkyl halides is 3. The maximum atomic E-state index is 13.9. The molecule has 0 spiro atoms. The summed E-state index contributed by atoms with van der Waals surface area (Å²) in [5.41, 5.74) is 0.0862. The van der Waals surface area contributed by atoms with Gasteiger partial charge in [-0.1, -0.05) is 0 Å². The molecule has 2 N–H and O–H groups in total. The summed E-state index contributed by atoms with van der Waals surface area (Å²) in [6.45, 7) is 1.35. The molecule has 0 radical (unpaired) electrons. The Morgan fingerprint density at radius 2 is 1.93 bits per heavy atom. The average molecular weight is 383 g/mol. The van der Waals surface area contributed by atoms with Crippen molar-refractivity contribution >= 4 is 17.1 Å². The predicted molar refractivity (Wildman–Crippen MR) is 93.5 cm³/mol. The minimum Gasteiger partial charge on any atom is -0.370 e. The van der Waals surface area contributed by atoms with Crippen LogP contribution in [0, 0.1) is 11.6 Å². The first-order valence-corrected chi connectivity index (χ1v) is 8.66. The number of fused-ring (bicyclic) bond motifs is 3. The quantitative estimate of drug-likeness (QED) is 0.741. The van der Waals surface area contributed by atoms with Crippen LogP contribution in [0.15, 0.2) is 30.3 Å². The molecule has 2 aromatic rings. The van der Waals surface area contributed by atoms with Gasteiger partial charge in [0.2, 0.25) is 0 Å². The van der Waals surface area contributed by atoms with Crippen molar-refractivity contribution in [3.05, 3.63) is 53.1 Å². The van der Waals surface area contributed by atoms with Gasteiger partial charge >= 0.3 is 6.18 Å². The van der Waals surface area contributed by atoms with Crippen LogP contribution < -0.4 is 15.5 Å². The number of benzene rings is 2. The molecule has 2 aromatic carbocycles. The van der Waals surface area contributed by atoms with Gasteiger partial charge in [0.05, 0.1) is 16.9 Å². The standard InChI is InChI=1S/C19H18F5N3/c1-27-17-4-5-25-9-13(17)12-7-11(8-14(18(12)27)19(22,23)24)26-16-3-2-10(20)6-15(16)21/h2-3,6-8,13,17,25-26H,4-5,9H2,1H3/t13-,17-/m0/s1. The van der Waals surface area contributed by atoms with Crippen LogP contribution >= 0.6 is 0 Å². The lowest BCUT2D eigenvalue weighted by Crippen LogP contribution is -2.42. The van der Waals surface area contributed by atoms with E-state index in [9.17, 15) is 22.0 Å². The summed E-state index contributed by atoms with van der Waals surface area (Å²) >= 11 is 0. The van der Waals surface area contributed by atoms with Gasteiger partial charge in [0.15, 0.2) is 0 Å². The summed E-state index contributed by atoms with van der Waals surface area (Å²) in [5, 5.41) is 5.90. The summed E-state index contributed by atoms with van der Waals surface area (Å²) < 4.78 is 68.3. The highest BCUT2D eigenvalue weighted by Gasteiger charge is 2.45. The maximum Gasteiger partial charge on any atom is 0.418 e. The second-order valence-corrected chi connectivity index (χ2v) is 6.99. The molecule has 0 saturated carbocycles. The zero-order valence-electron chi connectivity index (χ0n) is 14.5. The number of likely N-dealkylation sites (N-methyl/N-ethyl adjacent to an activating group) is 1. The highest BCUT2D eigenvalue weighted by atomic mass is 19.4. The van der Waals surface area contributed by atoms with Crippen LogP contribution in [0.25, 0.3) is 0 Å². The van der Waals surface area contributed by atoms with E-state index in [0.29, 0.717) is 18.2 Å². The van der Waals surface area contributed by atoms with Gasteiger partial charge in [-0.15, -0.1) is 0 Å². The molecule has 2 atom stereocenters. The normalized spacial score (nSPS) is 21.8. The van der Waals surface area contributed by atoms with Crippen LogP contribution in [0.2, 0.25) is 0 Å². The van der Waals surface area contributed by atoms with Gasteiger partial charge in [0.1, 0.15) is 11.6 Å². The second kappa shape index (κ2) is 6.37. The SMILES string of the molecule is CN1c2c(cc(Nc3ccc(F)cc3F)cc2C(F)(F)F)[C@@H]2CNCC[C@@H]21. The molecule has 1 saturated heterocycles. The van der Waals surface area contributed by atoms with Crippen LogP contribution in [0.3, 0.4) is 0 Å². The fourth-order valence-electron chi connectivity index (χ4n) is 4.16. The molecule has 8 heteroatoms. The van der Waals surface area contributed by atoms with Crippen LogP contribution in [0.5, 0.6) is 0 Å². The number of nitrogens with zero attached hydrogens (tertiary/aromatic N) is 1. The first-order chi connectivity index (χ1) is 12.8. The topological polar surface area (TPSA) is 27.3 Å². The van der Waals surface area contributed by atoms with Crippen molar-refractivity contribution in [2.24, 2.45) is 0 Å². The Morgan fingerprint density at radius 1 is 1.15 bits per heavy atom. The Morgan fingerprint density at radius 3 is 2.63 bits per heavy atom. The zero-order chi connectivity index (χ0) is 19.3. The molecule has 0 unspecified atom stereocenters. The predicted octanol–water partition coefficient (Wildman–Crippen LogP) is 4.62. The number of nitrogens with one attached hydrogen (secondary N) is 2. The zero-order valence-corrected chi connectivity index (χ0v) is 14.5. The molecule has 3 nitrogen and oxygen atoms in total. The van der Waals surface area contributed by atoms with Crippen LogP contribution in [0.1, 0.15) is 23.5 Å². The molecule has 2 aliphatic heterocycles. The fraction of sp³-hybridized carbons (Fsp3) is 0.368. The summed E-state index contributed by atoms with van der Waals surface area (Å²) in [6, 6.07) is 5.54. The first kappa shape index (κ1) is 18.0. The monoisotopic (exact) mass is 383 g/mol. The minimum atomic E-state index is -4.54. The number of hydrogen-bond acceptors (Lipinski definition) is 3. The Bertz CT molecular complexity index is 880. The van der Waals surface area contributed by atoms with Gasteiger partial charge < -0.3 is 15.5 Å². The largest absolute Gasteiger partial charge is 0.418 e. The van der Waals surface area contributed by atoms with Gasteiger partial charge in [0, 0.05) is 37.3 Å². The second-order valence-electron chi connectivity index (χ2n) is 6.99. The summed E-state index contributed by atoms with van der Waals surface area (Å²) in [7, 11) is 1.69. The Hall–Kier alpha value is -2.35. The third kappa shape index (κ3) is 3.12. The lowest BCUT2D eigenvalue weighted by atomic mass is 9.89. The Kier molecular flexibility index (Phi) is 4.25. The Balaban J connectivity index is 1.81. The number of rotatable bonds is 2. The van der Waals surface area contributed by atoms with Gasteiger partial charge in [-0.2, -0.15) is 13.2 Å². The molecule has 0 amide bonds. The molecule has 4 rings (SSSR count). The molecule has 27 heavy (non-hydrogen) atoms. The van der Waals surface area contributed by atoms with E-state index >= 15 is 0 Å². The van der Waals surface area contributed by atoms with Crippen molar-refractivity contribution in [1.29, 1.82) is 0 Å². The van der Waals surface area contributed by atoms with E-state index in [-0.39, 0.29) is 29.0 Å². The van der Waals surface area contributed by atoms with E-state index in [2.05, 4.69) is 10.6 Å². The molecule has 2 heterocycles. The van der Waals surface area contributed by atoms with Crippen molar-refractivity contribution in [1.82, 2.24) is 5.32 Å². The summed E-state index contributed by atoms with van der Waals surface area (Å²) in [4.78, 5) is 1.71. The van der Waals surface area contributed by atoms with Gasteiger partial charge in [-0.25, -0.2) is 8.78 Å². The molecule has 1 fully saturated rings. The van der Waals surface area contributed by atoms with E-state index in [1.54, 1.807) is 18.0 Å². The molecule has 2 aliphatic rings. The maximum absolute atomic E-state index is 13.9. The number of piperidine rings is 1. The van der Waals surface area contributed by atoms with Crippen molar-refractivity contribution in [2.45, 2.75) is 24.6 Å². The highest BCUT2D eigenvalue weighted by molar-refractivity contribution is 5.74. The summed E-state index contributed by atoms with van der Waals surface area (Å²) in [6.07, 6.45) is -3.79. The third-order valence-corrected chi connectivity index (χ3v) is 5.35. The summed E-state index contributed by atoms with van der Waals surface area (Å²) in [5.74, 6) is -1.68. The van der Waals surface area contributed by atoms with Gasteiger partial charge in [-0.05, 0) is 42.8 Å². The first-order valence-electron chi connectivity index (χ1n) is 8.66. The Labute approximate surface area is 153 Å². The molecule has 0 aromatic heterocycles. The van der Waals surface area contributed by atoms with E-state index in [1.807, 2.05) is 0 Å². The van der Waals surface area contributed by atoms with Crippen LogP contribution in [-0.2, 0) is 6.18 Å². The molecular formula is C19H18F5N3. The van der Waals surface area contributed by atoms with Crippen LogP contribution in [0.4, 0.5) is 39.0 Å².